The molecule has 0 saturated carbocycles. The zero-order valence-electron chi connectivity index (χ0n) is 11.5. The van der Waals surface area contributed by atoms with Gasteiger partial charge >= 0.3 is 0 Å². The normalized spacial score (nSPS) is 13.6. The molecule has 1 aliphatic carbocycles. The Balaban J connectivity index is 1.96. The first-order valence-electron chi connectivity index (χ1n) is 6.44. The number of Topliss-reactive ketones (excluding diaryl/α,β-unsaturated/α-hetero) is 2. The lowest BCUT2D eigenvalue weighted by atomic mass is 9.99. The predicted octanol–water partition coefficient (Wildman–Crippen LogP) is 3.00. The number of halogens is 1. The van der Waals surface area contributed by atoms with Crippen molar-refractivity contribution in [2.75, 3.05) is 5.32 Å². The molecule has 0 aliphatic heterocycles. The van der Waals surface area contributed by atoms with Crippen molar-refractivity contribution in [1.82, 2.24) is 0 Å². The van der Waals surface area contributed by atoms with E-state index in [0.29, 0.717) is 5.69 Å². The van der Waals surface area contributed by atoms with Gasteiger partial charge in [-0.15, -0.1) is 0 Å². The van der Waals surface area contributed by atoms with Crippen molar-refractivity contribution in [3.8, 4) is 0 Å². The number of nitrogens with one attached hydrogen (secondary N) is 1. The van der Waals surface area contributed by atoms with Crippen molar-refractivity contribution in [3.63, 3.8) is 0 Å². The van der Waals surface area contributed by atoms with Crippen LogP contribution in [0, 0.1) is 5.82 Å². The molecule has 0 bridgehead atoms. The highest BCUT2D eigenvalue weighted by Gasteiger charge is 2.31. The minimum Gasteiger partial charge on any atom is -0.449 e. The van der Waals surface area contributed by atoms with Crippen LogP contribution in [0.2, 0.25) is 0 Å². The summed E-state index contributed by atoms with van der Waals surface area (Å²) < 4.78 is 18.3. The number of hydrogen-bond donors (Lipinski definition) is 1. The van der Waals surface area contributed by atoms with E-state index in [0.717, 1.165) is 6.08 Å². The van der Waals surface area contributed by atoms with Crippen LogP contribution in [0.5, 0.6) is 0 Å². The Labute approximate surface area is 124 Å². The van der Waals surface area contributed by atoms with E-state index in [1.807, 2.05) is 0 Å². The molecule has 0 unspecified atom stereocenters. The lowest BCUT2D eigenvalue weighted by molar-refractivity contribution is 0.0950. The Hall–Kier alpha value is -3.02. The first kappa shape index (κ1) is 13.9. The van der Waals surface area contributed by atoms with Gasteiger partial charge in [0.05, 0.1) is 11.3 Å². The second kappa shape index (κ2) is 5.07. The van der Waals surface area contributed by atoms with Gasteiger partial charge in [0, 0.05) is 18.7 Å². The molecule has 0 saturated heterocycles. The maximum Gasteiger partial charge on any atom is 0.245 e. The molecule has 1 aliphatic rings. The molecular formula is C16H10FNO4. The summed E-state index contributed by atoms with van der Waals surface area (Å²) in [5.41, 5.74) is 0.349. The summed E-state index contributed by atoms with van der Waals surface area (Å²) in [6, 6.07) is 6.74. The number of carbonyl (C=O) groups excluding carboxylic acids is 3. The van der Waals surface area contributed by atoms with Gasteiger partial charge < -0.3 is 9.73 Å². The van der Waals surface area contributed by atoms with E-state index in [9.17, 15) is 18.8 Å². The standard InChI is InChI=1S/C16H10FNO4/c1-8(19)14-6-11-13(20)7-12(15(21)16(11)22-14)18-10-4-2-3-9(17)5-10/h2-7,18H,1H3. The summed E-state index contributed by atoms with van der Waals surface area (Å²) in [4.78, 5) is 35.6. The summed E-state index contributed by atoms with van der Waals surface area (Å²) in [7, 11) is 0. The first-order chi connectivity index (χ1) is 10.5. The smallest absolute Gasteiger partial charge is 0.245 e. The highest BCUT2D eigenvalue weighted by molar-refractivity contribution is 6.24. The average Bonchev–Trinajstić information content (AvgIpc) is 2.91. The summed E-state index contributed by atoms with van der Waals surface area (Å²) in [6.45, 7) is 1.28. The lowest BCUT2D eigenvalue weighted by Gasteiger charge is -2.12. The van der Waals surface area contributed by atoms with Crippen molar-refractivity contribution < 1.29 is 23.2 Å². The number of anilines is 1. The number of allylic oxidation sites excluding steroid dienone is 2. The van der Waals surface area contributed by atoms with Crippen LogP contribution in [0.3, 0.4) is 0 Å². The summed E-state index contributed by atoms with van der Waals surface area (Å²) >= 11 is 0. The molecule has 1 heterocycles. The van der Waals surface area contributed by atoms with Gasteiger partial charge in [0.1, 0.15) is 5.82 Å². The monoisotopic (exact) mass is 299 g/mol. The quantitative estimate of drug-likeness (QED) is 0.882. The Morgan fingerprint density at radius 3 is 2.68 bits per heavy atom. The van der Waals surface area contributed by atoms with Crippen molar-refractivity contribution >= 4 is 23.0 Å². The molecule has 2 aromatic rings. The molecule has 5 nitrogen and oxygen atoms in total. The van der Waals surface area contributed by atoms with Gasteiger partial charge in [0.15, 0.2) is 23.1 Å². The Morgan fingerprint density at radius 1 is 1.23 bits per heavy atom. The van der Waals surface area contributed by atoms with Crippen LogP contribution < -0.4 is 5.32 Å². The second-order valence-corrected chi connectivity index (χ2v) is 4.80. The van der Waals surface area contributed by atoms with Gasteiger partial charge in [-0.3, -0.25) is 14.4 Å². The lowest BCUT2D eigenvalue weighted by Crippen LogP contribution is -2.20. The number of rotatable bonds is 3. The number of furan rings is 1. The van der Waals surface area contributed by atoms with Gasteiger partial charge in [-0.2, -0.15) is 0 Å². The molecule has 1 aromatic heterocycles. The number of carbonyl (C=O) groups is 3. The third kappa shape index (κ3) is 2.35. The first-order valence-corrected chi connectivity index (χ1v) is 6.44. The van der Waals surface area contributed by atoms with E-state index in [1.165, 1.54) is 31.2 Å². The van der Waals surface area contributed by atoms with E-state index in [1.54, 1.807) is 6.07 Å². The molecule has 22 heavy (non-hydrogen) atoms. The van der Waals surface area contributed by atoms with E-state index < -0.39 is 17.4 Å². The van der Waals surface area contributed by atoms with Crippen LogP contribution in [0.25, 0.3) is 0 Å². The molecule has 1 aromatic carbocycles. The van der Waals surface area contributed by atoms with Gasteiger partial charge in [0.2, 0.25) is 5.78 Å². The topological polar surface area (TPSA) is 76.4 Å². The molecule has 0 atom stereocenters. The number of ketones is 3. The zero-order valence-corrected chi connectivity index (χ0v) is 11.5. The fourth-order valence-corrected chi connectivity index (χ4v) is 2.13. The number of hydrogen-bond acceptors (Lipinski definition) is 5. The number of benzene rings is 1. The van der Waals surface area contributed by atoms with Crippen LogP contribution in [0.4, 0.5) is 10.1 Å². The van der Waals surface area contributed by atoms with Crippen molar-refractivity contribution in [2.24, 2.45) is 0 Å². The molecule has 0 spiro atoms. The highest BCUT2D eigenvalue weighted by Crippen LogP contribution is 2.26. The molecule has 6 heteroatoms. The Bertz CT molecular complexity index is 848. The van der Waals surface area contributed by atoms with Crippen LogP contribution in [0.15, 0.2) is 46.5 Å². The van der Waals surface area contributed by atoms with Crippen LogP contribution in [-0.2, 0) is 0 Å². The summed E-state index contributed by atoms with van der Waals surface area (Å²) in [5.74, 6) is -2.10. The summed E-state index contributed by atoms with van der Waals surface area (Å²) in [5, 5.41) is 2.69. The van der Waals surface area contributed by atoms with Crippen LogP contribution >= 0.6 is 0 Å². The maximum absolute atomic E-state index is 13.2. The largest absolute Gasteiger partial charge is 0.449 e. The predicted molar refractivity (Wildman–Crippen MR) is 75.5 cm³/mol. The van der Waals surface area contributed by atoms with Crippen molar-refractivity contribution in [2.45, 2.75) is 6.92 Å². The molecule has 1 N–H and O–H groups in total. The average molecular weight is 299 g/mol. The van der Waals surface area contributed by atoms with Crippen LogP contribution in [0.1, 0.15) is 38.4 Å². The van der Waals surface area contributed by atoms with Crippen molar-refractivity contribution in [3.05, 3.63) is 65.0 Å². The van der Waals surface area contributed by atoms with E-state index in [4.69, 9.17) is 4.42 Å². The Morgan fingerprint density at radius 2 is 2.00 bits per heavy atom. The fraction of sp³-hybridized carbons (Fsp3) is 0.0625. The fourth-order valence-electron chi connectivity index (χ4n) is 2.13. The van der Waals surface area contributed by atoms with Gasteiger partial charge in [-0.05, 0) is 24.3 Å². The minimum atomic E-state index is -0.564. The third-order valence-electron chi connectivity index (χ3n) is 3.17. The van der Waals surface area contributed by atoms with E-state index in [-0.39, 0.29) is 28.6 Å². The molecular weight excluding hydrogens is 289 g/mol. The van der Waals surface area contributed by atoms with E-state index >= 15 is 0 Å². The Kier molecular flexibility index (Phi) is 3.21. The third-order valence-corrected chi connectivity index (χ3v) is 3.17. The molecule has 0 amide bonds. The van der Waals surface area contributed by atoms with Gasteiger partial charge in [-0.1, -0.05) is 6.07 Å². The minimum absolute atomic E-state index is 0.0347. The molecule has 3 rings (SSSR count). The summed E-state index contributed by atoms with van der Waals surface area (Å²) in [6.07, 6.45) is 1.11. The van der Waals surface area contributed by atoms with Gasteiger partial charge in [0.25, 0.3) is 0 Å². The molecule has 0 radical (unpaired) electrons. The molecule has 110 valence electrons. The van der Waals surface area contributed by atoms with E-state index in [2.05, 4.69) is 5.32 Å². The maximum atomic E-state index is 13.2. The number of fused-ring (bicyclic) bond motifs is 1. The zero-order chi connectivity index (χ0) is 15.9. The second-order valence-electron chi connectivity index (χ2n) is 4.80. The van der Waals surface area contributed by atoms with Gasteiger partial charge in [-0.25, -0.2) is 4.39 Å². The van der Waals surface area contributed by atoms with Crippen molar-refractivity contribution in [1.29, 1.82) is 0 Å². The highest BCUT2D eigenvalue weighted by atomic mass is 19.1. The van der Waals surface area contributed by atoms with Crippen LogP contribution in [-0.4, -0.2) is 17.3 Å². The SMILES string of the molecule is CC(=O)c1cc2c(o1)C(=O)C(Nc1cccc(F)c1)=CC2=O. The molecule has 0 fully saturated rings.